The number of nitrogens with zero attached hydrogens (tertiary/aromatic N) is 4. The van der Waals surface area contributed by atoms with Crippen LogP contribution in [0.1, 0.15) is 57.6 Å². The van der Waals surface area contributed by atoms with E-state index in [0.29, 0.717) is 6.04 Å². The summed E-state index contributed by atoms with van der Waals surface area (Å²) >= 11 is 0. The first-order valence-corrected chi connectivity index (χ1v) is 7.97. The van der Waals surface area contributed by atoms with Gasteiger partial charge in [-0.25, -0.2) is 4.98 Å². The largest absolute Gasteiger partial charge is 0.329 e. The van der Waals surface area contributed by atoms with Gasteiger partial charge >= 0.3 is 0 Å². The third-order valence-electron chi connectivity index (χ3n) is 4.08. The highest BCUT2D eigenvalue weighted by molar-refractivity contribution is 5.04. The van der Waals surface area contributed by atoms with E-state index >= 15 is 0 Å². The number of imidazole rings is 1. The fourth-order valence-electron chi connectivity index (χ4n) is 2.56. The molecule has 0 fully saturated rings. The van der Waals surface area contributed by atoms with Crippen molar-refractivity contribution in [1.29, 1.82) is 0 Å². The van der Waals surface area contributed by atoms with Crippen LogP contribution < -0.4 is 5.73 Å². The van der Waals surface area contributed by atoms with Crippen LogP contribution in [-0.4, -0.2) is 25.4 Å². The molecule has 116 valence electrons. The fourth-order valence-corrected chi connectivity index (χ4v) is 2.56. The number of aromatic nitrogens is 4. The Morgan fingerprint density at radius 2 is 1.90 bits per heavy atom. The molecule has 0 saturated heterocycles. The molecule has 0 bridgehead atoms. The third kappa shape index (κ3) is 3.94. The minimum atomic E-state index is 0.174. The van der Waals surface area contributed by atoms with Crippen molar-refractivity contribution < 1.29 is 0 Å². The Bertz CT molecular complexity index is 538. The summed E-state index contributed by atoms with van der Waals surface area (Å²) in [6.45, 7) is 7.28. The topological polar surface area (TPSA) is 61.7 Å². The number of nitrogens with two attached hydrogens (primary N) is 1. The molecule has 1 unspecified atom stereocenters. The Kier molecular flexibility index (Phi) is 5.56. The zero-order valence-corrected chi connectivity index (χ0v) is 13.4. The van der Waals surface area contributed by atoms with E-state index in [1.165, 1.54) is 0 Å². The van der Waals surface area contributed by atoms with Gasteiger partial charge < -0.3 is 10.3 Å². The van der Waals surface area contributed by atoms with Crippen molar-refractivity contribution in [2.24, 2.45) is 5.73 Å². The van der Waals surface area contributed by atoms with Crippen LogP contribution in [0.2, 0.25) is 0 Å². The molecule has 0 radical (unpaired) electrons. The monoisotopic (exact) mass is 289 g/mol. The van der Waals surface area contributed by atoms with Gasteiger partial charge in [-0.2, -0.15) is 5.10 Å². The van der Waals surface area contributed by atoms with Crippen LogP contribution >= 0.6 is 0 Å². The zero-order chi connectivity index (χ0) is 15.2. The van der Waals surface area contributed by atoms with Gasteiger partial charge in [0.05, 0.1) is 18.3 Å². The Morgan fingerprint density at radius 3 is 2.57 bits per heavy atom. The molecule has 0 amide bonds. The van der Waals surface area contributed by atoms with E-state index < -0.39 is 0 Å². The lowest BCUT2D eigenvalue weighted by Gasteiger charge is -2.13. The second kappa shape index (κ2) is 7.41. The van der Waals surface area contributed by atoms with Crippen LogP contribution in [0.25, 0.3) is 0 Å². The molecule has 1 atom stereocenters. The molecule has 5 nitrogen and oxygen atoms in total. The summed E-state index contributed by atoms with van der Waals surface area (Å²) in [5.41, 5.74) is 7.11. The fraction of sp³-hybridized carbons (Fsp3) is 0.625. The lowest BCUT2D eigenvalue weighted by atomic mass is 10.1. The molecule has 2 aromatic heterocycles. The highest BCUT2D eigenvalue weighted by Gasteiger charge is 2.11. The zero-order valence-electron chi connectivity index (χ0n) is 13.4. The summed E-state index contributed by atoms with van der Waals surface area (Å²) in [4.78, 5) is 4.42. The molecule has 0 aromatic carbocycles. The maximum Gasteiger partial charge on any atom is 0.110 e. The smallest absolute Gasteiger partial charge is 0.110 e. The van der Waals surface area contributed by atoms with E-state index in [0.717, 1.165) is 43.7 Å². The Labute approximate surface area is 127 Å². The predicted octanol–water partition coefficient (Wildman–Crippen LogP) is 2.77. The van der Waals surface area contributed by atoms with E-state index in [4.69, 9.17) is 10.8 Å². The maximum absolute atomic E-state index is 6.03. The highest BCUT2D eigenvalue weighted by atomic mass is 15.3. The van der Waals surface area contributed by atoms with Gasteiger partial charge in [0.2, 0.25) is 0 Å². The van der Waals surface area contributed by atoms with Crippen molar-refractivity contribution in [1.82, 2.24) is 19.3 Å². The first kappa shape index (κ1) is 15.8. The average Bonchev–Trinajstić information content (AvgIpc) is 3.11. The van der Waals surface area contributed by atoms with E-state index in [2.05, 4.69) is 47.3 Å². The molecule has 0 spiro atoms. The van der Waals surface area contributed by atoms with E-state index in [1.807, 2.05) is 12.4 Å². The molecule has 0 aliphatic heterocycles. The molecular formula is C16H27N5. The van der Waals surface area contributed by atoms with Crippen molar-refractivity contribution in [3.05, 3.63) is 36.2 Å². The Morgan fingerprint density at radius 1 is 1.14 bits per heavy atom. The summed E-state index contributed by atoms with van der Waals surface area (Å²) < 4.78 is 4.23. The number of hydrogen-bond acceptors (Lipinski definition) is 3. The quantitative estimate of drug-likeness (QED) is 0.813. The SMILES string of the molecule is CCC(N)Cc1nccn1Cc1ccn(C(CC)CC)n1. The minimum absolute atomic E-state index is 0.174. The van der Waals surface area contributed by atoms with Gasteiger partial charge in [-0.3, -0.25) is 4.68 Å². The second-order valence-electron chi connectivity index (χ2n) is 5.60. The van der Waals surface area contributed by atoms with Crippen LogP contribution in [0.4, 0.5) is 0 Å². The van der Waals surface area contributed by atoms with Gasteiger partial charge in [0.1, 0.15) is 5.82 Å². The van der Waals surface area contributed by atoms with Gasteiger partial charge in [-0.1, -0.05) is 20.8 Å². The summed E-state index contributed by atoms with van der Waals surface area (Å²) in [5.74, 6) is 1.04. The first-order valence-electron chi connectivity index (χ1n) is 7.97. The molecule has 2 N–H and O–H groups in total. The van der Waals surface area contributed by atoms with Gasteiger partial charge in [0, 0.05) is 31.1 Å². The lowest BCUT2D eigenvalue weighted by molar-refractivity contribution is 0.424. The molecule has 5 heteroatoms. The van der Waals surface area contributed by atoms with Crippen LogP contribution in [0.15, 0.2) is 24.7 Å². The standard InChI is InChI=1S/C16H27N5/c1-4-13(17)11-16-18-8-10-20(16)12-14-7-9-21(19-14)15(5-2)6-3/h7-10,13,15H,4-6,11-12,17H2,1-3H3. The van der Waals surface area contributed by atoms with Gasteiger partial charge in [0.25, 0.3) is 0 Å². The normalized spacial score (nSPS) is 13.0. The molecule has 2 rings (SSSR count). The van der Waals surface area contributed by atoms with Crippen molar-refractivity contribution in [2.45, 2.75) is 65.1 Å². The molecule has 2 heterocycles. The predicted molar refractivity (Wildman–Crippen MR) is 85.1 cm³/mol. The summed E-state index contributed by atoms with van der Waals surface area (Å²) in [7, 11) is 0. The maximum atomic E-state index is 6.03. The number of hydrogen-bond donors (Lipinski definition) is 1. The van der Waals surface area contributed by atoms with E-state index in [9.17, 15) is 0 Å². The second-order valence-corrected chi connectivity index (χ2v) is 5.60. The van der Waals surface area contributed by atoms with Crippen LogP contribution in [-0.2, 0) is 13.0 Å². The van der Waals surface area contributed by atoms with Crippen molar-refractivity contribution >= 4 is 0 Å². The van der Waals surface area contributed by atoms with Gasteiger partial charge in [-0.05, 0) is 25.3 Å². The average molecular weight is 289 g/mol. The molecule has 0 saturated carbocycles. The molecule has 21 heavy (non-hydrogen) atoms. The summed E-state index contributed by atoms with van der Waals surface area (Å²) in [6, 6.07) is 2.77. The van der Waals surface area contributed by atoms with Crippen LogP contribution in [0, 0.1) is 0 Å². The Hall–Kier alpha value is -1.62. The molecule has 0 aliphatic carbocycles. The van der Waals surface area contributed by atoms with E-state index in [1.54, 1.807) is 0 Å². The van der Waals surface area contributed by atoms with Crippen LogP contribution in [0.5, 0.6) is 0 Å². The molecule has 0 aliphatic rings. The first-order chi connectivity index (χ1) is 10.2. The lowest BCUT2D eigenvalue weighted by Crippen LogP contribution is -2.23. The van der Waals surface area contributed by atoms with Crippen LogP contribution in [0.3, 0.4) is 0 Å². The van der Waals surface area contributed by atoms with Crippen molar-refractivity contribution in [3.8, 4) is 0 Å². The summed E-state index contributed by atoms with van der Waals surface area (Å²) in [5, 5.41) is 4.70. The highest BCUT2D eigenvalue weighted by Crippen LogP contribution is 2.15. The summed E-state index contributed by atoms with van der Waals surface area (Å²) in [6.07, 6.45) is 9.94. The molecule has 2 aromatic rings. The third-order valence-corrected chi connectivity index (χ3v) is 4.08. The van der Waals surface area contributed by atoms with Gasteiger partial charge in [0.15, 0.2) is 0 Å². The molecular weight excluding hydrogens is 262 g/mol. The van der Waals surface area contributed by atoms with E-state index in [-0.39, 0.29) is 6.04 Å². The van der Waals surface area contributed by atoms with Crippen molar-refractivity contribution in [3.63, 3.8) is 0 Å². The van der Waals surface area contributed by atoms with Gasteiger partial charge in [-0.15, -0.1) is 0 Å². The number of rotatable bonds is 8. The van der Waals surface area contributed by atoms with Crippen molar-refractivity contribution in [2.75, 3.05) is 0 Å². The minimum Gasteiger partial charge on any atom is -0.329 e. The Balaban J connectivity index is 2.07.